The van der Waals surface area contributed by atoms with Gasteiger partial charge in [0.15, 0.2) is 5.70 Å². The molecule has 158 valence electrons. The van der Waals surface area contributed by atoms with E-state index in [4.69, 9.17) is 32.7 Å². The van der Waals surface area contributed by atoms with Crippen molar-refractivity contribution in [1.29, 1.82) is 0 Å². The van der Waals surface area contributed by atoms with Crippen LogP contribution in [-0.2, 0) is 9.53 Å². The Kier molecular flexibility index (Phi) is 8.35. The molecule has 0 aromatic heterocycles. The summed E-state index contributed by atoms with van der Waals surface area (Å²) in [6, 6.07) is 12.7. The van der Waals surface area contributed by atoms with Gasteiger partial charge in [0, 0.05) is 0 Å². The normalized spacial score (nSPS) is 14.7. The van der Waals surface area contributed by atoms with Crippen LogP contribution in [0.2, 0.25) is 10.0 Å². The van der Waals surface area contributed by atoms with Crippen LogP contribution in [0.3, 0.4) is 0 Å². The minimum Gasteiger partial charge on any atom is -0.494 e. The fraction of sp³-hybridized carbons (Fsp3) is 0.333. The van der Waals surface area contributed by atoms with Crippen LogP contribution in [-0.4, -0.2) is 18.5 Å². The van der Waals surface area contributed by atoms with Gasteiger partial charge in [0.2, 0.25) is 5.90 Å². The Labute approximate surface area is 187 Å². The predicted molar refractivity (Wildman–Crippen MR) is 122 cm³/mol. The standard InChI is InChI=1S/C24H25Cl2NO3/c1-2-3-4-5-6-7-15-29-18-13-11-17(12-14-18)16-21-24(28)30-23(27-21)19-9-8-10-20(25)22(19)26/h8-14,16H,2-7,15H2,1H3/b21-16+. The lowest BCUT2D eigenvalue weighted by Crippen LogP contribution is -2.06. The maximum atomic E-state index is 12.2. The zero-order chi connectivity index (χ0) is 21.3. The van der Waals surface area contributed by atoms with E-state index in [1.54, 1.807) is 24.3 Å². The Morgan fingerprint density at radius 2 is 1.73 bits per heavy atom. The van der Waals surface area contributed by atoms with Gasteiger partial charge in [0.25, 0.3) is 0 Å². The van der Waals surface area contributed by atoms with Crippen molar-refractivity contribution in [2.75, 3.05) is 6.61 Å². The molecule has 3 rings (SSSR count). The Bertz CT molecular complexity index is 936. The smallest absolute Gasteiger partial charge is 0.363 e. The number of nitrogens with zero attached hydrogens (tertiary/aromatic N) is 1. The fourth-order valence-electron chi connectivity index (χ4n) is 3.08. The molecule has 0 aliphatic carbocycles. The van der Waals surface area contributed by atoms with Gasteiger partial charge >= 0.3 is 5.97 Å². The fourth-order valence-corrected chi connectivity index (χ4v) is 3.47. The van der Waals surface area contributed by atoms with Crippen molar-refractivity contribution in [3.63, 3.8) is 0 Å². The summed E-state index contributed by atoms with van der Waals surface area (Å²) in [5.74, 6) is 0.441. The van der Waals surface area contributed by atoms with Crippen molar-refractivity contribution in [2.24, 2.45) is 4.99 Å². The topological polar surface area (TPSA) is 47.9 Å². The summed E-state index contributed by atoms with van der Waals surface area (Å²) < 4.78 is 11.1. The van der Waals surface area contributed by atoms with E-state index in [1.807, 2.05) is 24.3 Å². The molecule has 1 aliphatic rings. The van der Waals surface area contributed by atoms with Crippen LogP contribution in [0.4, 0.5) is 0 Å². The highest BCUT2D eigenvalue weighted by Gasteiger charge is 2.26. The largest absolute Gasteiger partial charge is 0.494 e. The number of carbonyl (C=O) groups excluding carboxylic acids is 1. The van der Waals surface area contributed by atoms with Gasteiger partial charge in [-0.15, -0.1) is 0 Å². The van der Waals surface area contributed by atoms with E-state index in [-0.39, 0.29) is 11.6 Å². The van der Waals surface area contributed by atoms with Crippen LogP contribution in [0.25, 0.3) is 6.08 Å². The van der Waals surface area contributed by atoms with Gasteiger partial charge in [-0.25, -0.2) is 9.79 Å². The average Bonchev–Trinajstić information content (AvgIpc) is 3.10. The van der Waals surface area contributed by atoms with Crippen LogP contribution < -0.4 is 4.74 Å². The van der Waals surface area contributed by atoms with Crippen LogP contribution in [0.1, 0.15) is 56.6 Å². The van der Waals surface area contributed by atoms with Crippen LogP contribution in [0.15, 0.2) is 53.2 Å². The number of benzene rings is 2. The van der Waals surface area contributed by atoms with Gasteiger partial charge in [-0.2, -0.15) is 0 Å². The molecule has 30 heavy (non-hydrogen) atoms. The lowest BCUT2D eigenvalue weighted by atomic mass is 10.1. The predicted octanol–water partition coefficient (Wildman–Crippen LogP) is 7.08. The van der Waals surface area contributed by atoms with Crippen molar-refractivity contribution >= 4 is 41.1 Å². The number of carbonyl (C=O) groups is 1. The zero-order valence-corrected chi connectivity index (χ0v) is 18.5. The summed E-state index contributed by atoms with van der Waals surface area (Å²) in [6.07, 6.45) is 9.07. The minimum atomic E-state index is -0.524. The third kappa shape index (κ3) is 6.10. The summed E-state index contributed by atoms with van der Waals surface area (Å²) in [7, 11) is 0. The Balaban J connectivity index is 1.58. The molecular formula is C24H25Cl2NO3. The van der Waals surface area contributed by atoms with E-state index in [9.17, 15) is 4.79 Å². The number of halogens is 2. The molecule has 1 heterocycles. The van der Waals surface area contributed by atoms with Gasteiger partial charge in [-0.3, -0.25) is 0 Å². The molecule has 0 saturated heterocycles. The third-order valence-corrected chi connectivity index (χ3v) is 5.57. The lowest BCUT2D eigenvalue weighted by molar-refractivity contribution is -0.129. The molecule has 0 saturated carbocycles. The van der Waals surface area contributed by atoms with Crippen molar-refractivity contribution in [1.82, 2.24) is 0 Å². The molecule has 0 bridgehead atoms. The molecule has 0 unspecified atom stereocenters. The summed E-state index contributed by atoms with van der Waals surface area (Å²) in [6.45, 7) is 2.94. The van der Waals surface area contributed by atoms with Gasteiger partial charge in [-0.1, -0.05) is 80.4 Å². The Hall–Kier alpha value is -2.30. The van der Waals surface area contributed by atoms with E-state index in [1.165, 1.54) is 32.1 Å². The molecule has 2 aromatic rings. The number of esters is 1. The second-order valence-corrected chi connectivity index (χ2v) is 7.91. The van der Waals surface area contributed by atoms with Gasteiger partial charge in [-0.05, 0) is 42.3 Å². The monoisotopic (exact) mass is 445 g/mol. The molecule has 0 spiro atoms. The summed E-state index contributed by atoms with van der Waals surface area (Å²) in [5, 5.41) is 0.681. The molecule has 0 atom stereocenters. The molecular weight excluding hydrogens is 421 g/mol. The Morgan fingerprint density at radius 3 is 2.50 bits per heavy atom. The van der Waals surface area contributed by atoms with E-state index in [2.05, 4.69) is 11.9 Å². The first-order valence-corrected chi connectivity index (χ1v) is 11.0. The summed E-state index contributed by atoms with van der Waals surface area (Å²) in [5.41, 5.74) is 1.53. The highest BCUT2D eigenvalue weighted by Crippen LogP contribution is 2.29. The van der Waals surface area contributed by atoms with Crippen molar-refractivity contribution in [2.45, 2.75) is 45.4 Å². The SMILES string of the molecule is CCCCCCCCOc1ccc(/C=C2/N=C(c3cccc(Cl)c3Cl)OC2=O)cc1. The number of rotatable bonds is 10. The van der Waals surface area contributed by atoms with E-state index in [0.29, 0.717) is 22.2 Å². The van der Waals surface area contributed by atoms with Crippen molar-refractivity contribution < 1.29 is 14.3 Å². The number of ether oxygens (including phenoxy) is 2. The highest BCUT2D eigenvalue weighted by molar-refractivity contribution is 6.44. The molecule has 2 aromatic carbocycles. The van der Waals surface area contributed by atoms with Gasteiger partial charge in [0.05, 0.1) is 22.2 Å². The average molecular weight is 446 g/mol. The molecule has 4 nitrogen and oxygen atoms in total. The van der Waals surface area contributed by atoms with Crippen LogP contribution >= 0.6 is 23.2 Å². The second-order valence-electron chi connectivity index (χ2n) is 7.12. The maximum Gasteiger partial charge on any atom is 0.363 e. The number of hydrogen-bond donors (Lipinski definition) is 0. The van der Waals surface area contributed by atoms with E-state index < -0.39 is 5.97 Å². The lowest BCUT2D eigenvalue weighted by Gasteiger charge is -2.06. The first-order chi connectivity index (χ1) is 14.6. The minimum absolute atomic E-state index is 0.151. The zero-order valence-electron chi connectivity index (χ0n) is 17.0. The Morgan fingerprint density at radius 1 is 1.00 bits per heavy atom. The molecule has 6 heteroatoms. The number of unbranched alkanes of at least 4 members (excludes halogenated alkanes) is 5. The van der Waals surface area contributed by atoms with Gasteiger partial charge < -0.3 is 9.47 Å². The van der Waals surface area contributed by atoms with Crippen LogP contribution in [0, 0.1) is 0 Å². The maximum absolute atomic E-state index is 12.2. The molecule has 0 amide bonds. The summed E-state index contributed by atoms with van der Waals surface area (Å²) >= 11 is 12.2. The molecule has 0 N–H and O–H groups in total. The highest BCUT2D eigenvalue weighted by atomic mass is 35.5. The van der Waals surface area contributed by atoms with E-state index >= 15 is 0 Å². The quantitative estimate of drug-likeness (QED) is 0.223. The van der Waals surface area contributed by atoms with Crippen molar-refractivity contribution in [3.05, 3.63) is 69.3 Å². The van der Waals surface area contributed by atoms with E-state index in [0.717, 1.165) is 17.7 Å². The van der Waals surface area contributed by atoms with Gasteiger partial charge in [0.1, 0.15) is 5.75 Å². The molecule has 1 aliphatic heterocycles. The first-order valence-electron chi connectivity index (χ1n) is 10.3. The number of hydrogen-bond acceptors (Lipinski definition) is 4. The second kappa shape index (κ2) is 11.2. The first kappa shape index (κ1) is 22.4. The van der Waals surface area contributed by atoms with Crippen molar-refractivity contribution in [3.8, 4) is 5.75 Å². The number of cyclic esters (lactones) is 1. The van der Waals surface area contributed by atoms with Crippen LogP contribution in [0.5, 0.6) is 5.75 Å². The third-order valence-electron chi connectivity index (χ3n) is 4.75. The number of aliphatic imine (C=N–C) groups is 1. The summed E-state index contributed by atoms with van der Waals surface area (Å²) in [4.78, 5) is 16.5. The molecule has 0 fully saturated rings. The molecule has 0 radical (unpaired) electrons.